The van der Waals surface area contributed by atoms with Gasteiger partial charge in [0, 0.05) is 6.54 Å². The van der Waals surface area contributed by atoms with Crippen molar-refractivity contribution >= 4 is 10.0 Å². The van der Waals surface area contributed by atoms with Crippen LogP contribution in [0.25, 0.3) is 0 Å². The number of sulfonamides is 1. The minimum absolute atomic E-state index is 0.242. The van der Waals surface area contributed by atoms with E-state index in [9.17, 15) is 13.5 Å². The van der Waals surface area contributed by atoms with E-state index in [4.69, 9.17) is 0 Å². The Morgan fingerprint density at radius 3 is 2.52 bits per heavy atom. The second kappa shape index (κ2) is 6.72. The molecule has 0 saturated heterocycles. The van der Waals surface area contributed by atoms with Gasteiger partial charge in [0.2, 0.25) is 10.0 Å². The third-order valence-corrected chi connectivity index (χ3v) is 5.71. The zero-order chi connectivity index (χ0) is 16.3. The maximum atomic E-state index is 12.3. The summed E-state index contributed by atoms with van der Waals surface area (Å²) in [5.74, 6) is 0.242. The van der Waals surface area contributed by atoms with Gasteiger partial charge < -0.3 is 5.11 Å². The number of fused-ring (bicyclic) bond motifs is 1. The first-order chi connectivity index (χ1) is 11.0. The molecule has 0 heterocycles. The third-order valence-electron chi connectivity index (χ3n) is 4.25. The fourth-order valence-corrected chi connectivity index (χ4v) is 4.08. The quantitative estimate of drug-likeness (QED) is 0.800. The summed E-state index contributed by atoms with van der Waals surface area (Å²) in [6.07, 6.45) is 4.62. The molecule has 2 aromatic rings. The molecule has 0 spiro atoms. The van der Waals surface area contributed by atoms with Crippen LogP contribution in [0.15, 0.2) is 47.4 Å². The standard InChI is InChI=1S/C18H21NO3S/c20-17-9-6-14(7-10-17)3-2-12-19-23(21,22)18-11-8-15-4-1-5-16(15)13-18/h6-11,13,19-20H,1-5,12H2. The van der Waals surface area contributed by atoms with Crippen LogP contribution in [0.4, 0.5) is 0 Å². The Bertz CT molecular complexity index is 782. The molecule has 122 valence electrons. The highest BCUT2D eigenvalue weighted by Gasteiger charge is 2.17. The van der Waals surface area contributed by atoms with Crippen molar-refractivity contribution in [3.63, 3.8) is 0 Å². The van der Waals surface area contributed by atoms with Crippen LogP contribution < -0.4 is 4.72 Å². The fraction of sp³-hybridized carbons (Fsp3) is 0.333. The van der Waals surface area contributed by atoms with E-state index in [1.807, 2.05) is 24.3 Å². The van der Waals surface area contributed by atoms with E-state index in [2.05, 4.69) is 4.72 Å². The van der Waals surface area contributed by atoms with E-state index >= 15 is 0 Å². The number of phenols is 1. The lowest BCUT2D eigenvalue weighted by molar-refractivity contribution is 0.475. The molecular weight excluding hydrogens is 310 g/mol. The van der Waals surface area contributed by atoms with Crippen LogP contribution in [0.3, 0.4) is 0 Å². The lowest BCUT2D eigenvalue weighted by atomic mass is 10.1. The molecule has 0 saturated carbocycles. The first kappa shape index (κ1) is 16.0. The van der Waals surface area contributed by atoms with Gasteiger partial charge in [0.15, 0.2) is 0 Å². The number of hydrogen-bond acceptors (Lipinski definition) is 3. The van der Waals surface area contributed by atoms with Gasteiger partial charge in [-0.05, 0) is 73.1 Å². The Morgan fingerprint density at radius 1 is 1.00 bits per heavy atom. The van der Waals surface area contributed by atoms with E-state index in [0.29, 0.717) is 11.4 Å². The van der Waals surface area contributed by atoms with Gasteiger partial charge in [0.25, 0.3) is 0 Å². The van der Waals surface area contributed by atoms with Gasteiger partial charge in [-0.25, -0.2) is 13.1 Å². The maximum absolute atomic E-state index is 12.3. The summed E-state index contributed by atoms with van der Waals surface area (Å²) in [5, 5.41) is 9.24. The number of aryl methyl sites for hydroxylation is 3. The summed E-state index contributed by atoms with van der Waals surface area (Å²) >= 11 is 0. The number of benzene rings is 2. The van der Waals surface area contributed by atoms with Crippen LogP contribution in [-0.4, -0.2) is 20.1 Å². The van der Waals surface area contributed by atoms with Crippen LogP contribution in [0.1, 0.15) is 29.5 Å². The van der Waals surface area contributed by atoms with Gasteiger partial charge in [-0.2, -0.15) is 0 Å². The van der Waals surface area contributed by atoms with Crippen molar-refractivity contribution in [1.29, 1.82) is 0 Å². The van der Waals surface area contributed by atoms with Crippen molar-refractivity contribution in [2.24, 2.45) is 0 Å². The molecule has 0 amide bonds. The van der Waals surface area contributed by atoms with E-state index in [1.165, 1.54) is 5.56 Å². The molecule has 5 heteroatoms. The largest absolute Gasteiger partial charge is 0.508 e. The van der Waals surface area contributed by atoms with Crippen molar-refractivity contribution in [2.45, 2.75) is 37.0 Å². The number of nitrogens with one attached hydrogen (secondary N) is 1. The second-order valence-electron chi connectivity index (χ2n) is 5.95. The van der Waals surface area contributed by atoms with Crippen LogP contribution in [0.5, 0.6) is 5.75 Å². The number of hydrogen-bond donors (Lipinski definition) is 2. The van der Waals surface area contributed by atoms with Gasteiger partial charge in [-0.15, -0.1) is 0 Å². The van der Waals surface area contributed by atoms with Crippen LogP contribution in [0, 0.1) is 0 Å². The van der Waals surface area contributed by atoms with Gasteiger partial charge in [-0.3, -0.25) is 0 Å². The van der Waals surface area contributed by atoms with Crippen molar-refractivity contribution in [1.82, 2.24) is 4.72 Å². The number of aromatic hydroxyl groups is 1. The molecule has 1 aliphatic carbocycles. The molecule has 0 fully saturated rings. The monoisotopic (exact) mass is 331 g/mol. The Morgan fingerprint density at radius 2 is 1.74 bits per heavy atom. The molecule has 2 N–H and O–H groups in total. The highest BCUT2D eigenvalue weighted by atomic mass is 32.2. The zero-order valence-electron chi connectivity index (χ0n) is 13.0. The molecule has 0 atom stereocenters. The predicted octanol–water partition coefficient (Wildman–Crippen LogP) is 2.79. The van der Waals surface area contributed by atoms with Gasteiger partial charge in [-0.1, -0.05) is 18.2 Å². The SMILES string of the molecule is O=S(=O)(NCCCc1ccc(O)cc1)c1ccc2c(c1)CCC2. The fourth-order valence-electron chi connectivity index (χ4n) is 2.96. The number of rotatable bonds is 6. The Balaban J connectivity index is 1.55. The van der Waals surface area contributed by atoms with E-state index in [0.717, 1.165) is 43.2 Å². The van der Waals surface area contributed by atoms with Gasteiger partial charge in [0.1, 0.15) is 5.75 Å². The zero-order valence-corrected chi connectivity index (χ0v) is 13.8. The summed E-state index contributed by atoms with van der Waals surface area (Å²) < 4.78 is 27.4. The smallest absolute Gasteiger partial charge is 0.240 e. The average molecular weight is 331 g/mol. The van der Waals surface area contributed by atoms with Gasteiger partial charge in [0.05, 0.1) is 4.90 Å². The van der Waals surface area contributed by atoms with Crippen molar-refractivity contribution in [2.75, 3.05) is 6.54 Å². The highest BCUT2D eigenvalue weighted by Crippen LogP contribution is 2.24. The van der Waals surface area contributed by atoms with Crippen LogP contribution in [-0.2, 0) is 29.3 Å². The molecule has 1 aliphatic rings. The molecular formula is C18H21NO3S. The molecule has 0 bridgehead atoms. The topological polar surface area (TPSA) is 66.4 Å². The highest BCUT2D eigenvalue weighted by molar-refractivity contribution is 7.89. The van der Waals surface area contributed by atoms with E-state index in [1.54, 1.807) is 18.2 Å². The summed E-state index contributed by atoms with van der Waals surface area (Å²) in [6, 6.07) is 12.4. The molecule has 3 rings (SSSR count). The summed E-state index contributed by atoms with van der Waals surface area (Å²) in [4.78, 5) is 0.364. The minimum atomic E-state index is -3.43. The average Bonchev–Trinajstić information content (AvgIpc) is 3.01. The van der Waals surface area contributed by atoms with Gasteiger partial charge >= 0.3 is 0 Å². The van der Waals surface area contributed by atoms with E-state index < -0.39 is 10.0 Å². The molecule has 4 nitrogen and oxygen atoms in total. The molecule has 23 heavy (non-hydrogen) atoms. The molecule has 0 radical (unpaired) electrons. The lowest BCUT2D eigenvalue weighted by Gasteiger charge is -2.08. The Kier molecular flexibility index (Phi) is 4.68. The maximum Gasteiger partial charge on any atom is 0.240 e. The van der Waals surface area contributed by atoms with Crippen molar-refractivity contribution in [3.05, 3.63) is 59.2 Å². The Hall–Kier alpha value is -1.85. The predicted molar refractivity (Wildman–Crippen MR) is 90.1 cm³/mol. The molecule has 0 aromatic heterocycles. The molecule has 0 aliphatic heterocycles. The summed E-state index contributed by atoms with van der Waals surface area (Å²) in [7, 11) is -3.43. The number of phenolic OH excluding ortho intramolecular Hbond substituents is 1. The van der Waals surface area contributed by atoms with Crippen LogP contribution >= 0.6 is 0 Å². The first-order valence-electron chi connectivity index (χ1n) is 7.94. The third kappa shape index (κ3) is 3.92. The van der Waals surface area contributed by atoms with Crippen molar-refractivity contribution in [3.8, 4) is 5.75 Å². The normalized spacial score (nSPS) is 13.9. The summed E-state index contributed by atoms with van der Waals surface area (Å²) in [6.45, 7) is 0.403. The van der Waals surface area contributed by atoms with E-state index in [-0.39, 0.29) is 5.75 Å². The minimum Gasteiger partial charge on any atom is -0.508 e. The van der Waals surface area contributed by atoms with Crippen molar-refractivity contribution < 1.29 is 13.5 Å². The lowest BCUT2D eigenvalue weighted by Crippen LogP contribution is -2.25. The second-order valence-corrected chi connectivity index (χ2v) is 7.72. The first-order valence-corrected chi connectivity index (χ1v) is 9.42. The Labute approximate surface area is 137 Å². The van der Waals surface area contributed by atoms with Crippen LogP contribution in [0.2, 0.25) is 0 Å². The summed E-state index contributed by atoms with van der Waals surface area (Å²) in [5.41, 5.74) is 3.52. The molecule has 0 unspecified atom stereocenters. The molecule has 2 aromatic carbocycles.